The zero-order valence-electron chi connectivity index (χ0n) is 16.5. The molecule has 3 amide bonds. The van der Waals surface area contributed by atoms with E-state index in [1.54, 1.807) is 29.2 Å². The zero-order chi connectivity index (χ0) is 21.3. The van der Waals surface area contributed by atoms with Crippen LogP contribution in [0.4, 0.5) is 15.8 Å². The van der Waals surface area contributed by atoms with Gasteiger partial charge in [-0.1, -0.05) is 18.2 Å². The summed E-state index contributed by atoms with van der Waals surface area (Å²) in [4.78, 5) is 38.5. The van der Waals surface area contributed by atoms with Gasteiger partial charge in [0.1, 0.15) is 11.9 Å². The van der Waals surface area contributed by atoms with Gasteiger partial charge in [-0.05, 0) is 48.2 Å². The van der Waals surface area contributed by atoms with Crippen LogP contribution >= 0.6 is 11.8 Å². The Bertz CT molecular complexity index is 1010. The standard InChI is InChI=1S/C22H22FN3O3S/c1-13(27)26-9-8-15-10-16(6-7-19(15)26)24-21(28)18-12-30-20(22(29)25-18)11-14-4-2-3-5-17(14)23/h2-7,10,18,20H,8-9,11-12H2,1H3,(H,24,28)(H,25,29). The lowest BCUT2D eigenvalue weighted by molar-refractivity contribution is -0.126. The predicted molar refractivity (Wildman–Crippen MR) is 115 cm³/mol. The number of halogens is 1. The van der Waals surface area contributed by atoms with E-state index in [-0.39, 0.29) is 30.0 Å². The number of anilines is 2. The van der Waals surface area contributed by atoms with Crippen LogP contribution in [0, 0.1) is 5.82 Å². The van der Waals surface area contributed by atoms with Crippen molar-refractivity contribution in [2.75, 3.05) is 22.5 Å². The monoisotopic (exact) mass is 427 g/mol. The number of rotatable bonds is 4. The van der Waals surface area contributed by atoms with Crippen molar-refractivity contribution in [3.8, 4) is 0 Å². The summed E-state index contributed by atoms with van der Waals surface area (Å²) >= 11 is 1.36. The van der Waals surface area contributed by atoms with Crippen LogP contribution in [0.1, 0.15) is 18.1 Å². The molecular formula is C22H22FN3O3S. The summed E-state index contributed by atoms with van der Waals surface area (Å²) in [5.74, 6) is -0.467. The number of carbonyl (C=O) groups is 3. The summed E-state index contributed by atoms with van der Waals surface area (Å²) < 4.78 is 13.9. The molecule has 0 radical (unpaired) electrons. The maximum atomic E-state index is 13.9. The highest BCUT2D eigenvalue weighted by atomic mass is 32.2. The largest absolute Gasteiger partial charge is 0.343 e. The second-order valence-corrected chi connectivity index (χ2v) is 8.67. The summed E-state index contributed by atoms with van der Waals surface area (Å²) in [5, 5.41) is 5.18. The molecule has 0 spiro atoms. The van der Waals surface area contributed by atoms with E-state index < -0.39 is 11.3 Å². The van der Waals surface area contributed by atoms with Crippen LogP contribution in [0.2, 0.25) is 0 Å². The average molecular weight is 428 g/mol. The number of nitrogens with one attached hydrogen (secondary N) is 2. The Kier molecular flexibility index (Phi) is 5.76. The molecule has 1 saturated heterocycles. The van der Waals surface area contributed by atoms with Crippen molar-refractivity contribution < 1.29 is 18.8 Å². The summed E-state index contributed by atoms with van der Waals surface area (Å²) in [6.45, 7) is 2.18. The Balaban J connectivity index is 1.36. The maximum absolute atomic E-state index is 13.9. The average Bonchev–Trinajstić information content (AvgIpc) is 3.14. The second kappa shape index (κ2) is 8.47. The Labute approximate surface area is 178 Å². The quantitative estimate of drug-likeness (QED) is 0.786. The van der Waals surface area contributed by atoms with Gasteiger partial charge in [-0.25, -0.2) is 4.39 Å². The molecule has 0 aliphatic carbocycles. The molecule has 156 valence electrons. The fourth-order valence-corrected chi connectivity index (χ4v) is 4.96. The first kappa shape index (κ1) is 20.4. The van der Waals surface area contributed by atoms with Gasteiger partial charge in [0, 0.05) is 30.6 Å². The SMILES string of the molecule is CC(=O)N1CCc2cc(NC(=O)C3CSC(Cc4ccccc4F)C(=O)N3)ccc21. The van der Waals surface area contributed by atoms with E-state index in [9.17, 15) is 18.8 Å². The number of hydrogen-bond acceptors (Lipinski definition) is 4. The van der Waals surface area contributed by atoms with Crippen molar-refractivity contribution in [2.24, 2.45) is 0 Å². The molecule has 2 aliphatic heterocycles. The molecule has 2 atom stereocenters. The molecule has 0 bridgehead atoms. The molecule has 4 rings (SSSR count). The van der Waals surface area contributed by atoms with Crippen LogP contribution in [0.5, 0.6) is 0 Å². The molecule has 2 heterocycles. The first-order valence-electron chi connectivity index (χ1n) is 9.79. The fraction of sp³-hybridized carbons (Fsp3) is 0.318. The number of nitrogens with zero attached hydrogens (tertiary/aromatic N) is 1. The van der Waals surface area contributed by atoms with E-state index in [0.717, 1.165) is 17.7 Å². The fourth-order valence-electron chi connectivity index (χ4n) is 3.79. The minimum atomic E-state index is -0.652. The smallest absolute Gasteiger partial charge is 0.247 e. The highest BCUT2D eigenvalue weighted by Crippen LogP contribution is 2.31. The molecule has 2 unspecified atom stereocenters. The van der Waals surface area contributed by atoms with Crippen molar-refractivity contribution in [2.45, 2.75) is 31.1 Å². The maximum Gasteiger partial charge on any atom is 0.247 e. The van der Waals surface area contributed by atoms with Crippen LogP contribution in [0.25, 0.3) is 0 Å². The Morgan fingerprint density at radius 2 is 2.07 bits per heavy atom. The van der Waals surface area contributed by atoms with Gasteiger partial charge < -0.3 is 15.5 Å². The van der Waals surface area contributed by atoms with Gasteiger partial charge in [-0.2, -0.15) is 0 Å². The van der Waals surface area contributed by atoms with E-state index in [2.05, 4.69) is 10.6 Å². The Morgan fingerprint density at radius 1 is 1.27 bits per heavy atom. The van der Waals surface area contributed by atoms with Crippen LogP contribution in [0.15, 0.2) is 42.5 Å². The normalized spacial score (nSPS) is 20.5. The summed E-state index contributed by atoms with van der Waals surface area (Å²) in [7, 11) is 0. The van der Waals surface area contributed by atoms with Crippen molar-refractivity contribution in [3.63, 3.8) is 0 Å². The minimum Gasteiger partial charge on any atom is -0.343 e. The van der Waals surface area contributed by atoms with E-state index in [4.69, 9.17) is 0 Å². The lowest BCUT2D eigenvalue weighted by Gasteiger charge is -2.28. The van der Waals surface area contributed by atoms with E-state index in [1.165, 1.54) is 24.8 Å². The third kappa shape index (κ3) is 4.18. The number of thioether (sulfide) groups is 1. The molecule has 1 fully saturated rings. The molecule has 2 aromatic carbocycles. The van der Waals surface area contributed by atoms with Crippen LogP contribution in [-0.2, 0) is 27.2 Å². The van der Waals surface area contributed by atoms with Gasteiger partial charge in [-0.3, -0.25) is 14.4 Å². The van der Waals surface area contributed by atoms with Crippen molar-refractivity contribution in [3.05, 3.63) is 59.4 Å². The summed E-state index contributed by atoms with van der Waals surface area (Å²) in [6, 6.07) is 11.2. The lowest BCUT2D eigenvalue weighted by atomic mass is 10.1. The lowest BCUT2D eigenvalue weighted by Crippen LogP contribution is -2.52. The molecule has 8 heteroatoms. The van der Waals surface area contributed by atoms with E-state index in [0.29, 0.717) is 23.5 Å². The number of hydrogen-bond donors (Lipinski definition) is 2. The van der Waals surface area contributed by atoms with Crippen molar-refractivity contribution in [1.29, 1.82) is 0 Å². The van der Waals surface area contributed by atoms with Crippen LogP contribution < -0.4 is 15.5 Å². The number of fused-ring (bicyclic) bond motifs is 1. The highest BCUT2D eigenvalue weighted by molar-refractivity contribution is 8.00. The first-order chi connectivity index (χ1) is 14.4. The van der Waals surface area contributed by atoms with Gasteiger partial charge in [-0.15, -0.1) is 11.8 Å². The predicted octanol–water partition coefficient (Wildman–Crippen LogP) is 2.52. The van der Waals surface area contributed by atoms with E-state index in [1.807, 2.05) is 12.1 Å². The molecule has 2 aliphatic rings. The Hall–Kier alpha value is -2.87. The summed E-state index contributed by atoms with van der Waals surface area (Å²) in [6.07, 6.45) is 1.03. The first-order valence-corrected chi connectivity index (χ1v) is 10.8. The third-order valence-electron chi connectivity index (χ3n) is 5.38. The van der Waals surface area contributed by atoms with Crippen LogP contribution in [0.3, 0.4) is 0 Å². The minimum absolute atomic E-state index is 0.00239. The van der Waals surface area contributed by atoms with Gasteiger partial charge in [0.05, 0.1) is 5.25 Å². The molecule has 30 heavy (non-hydrogen) atoms. The Morgan fingerprint density at radius 3 is 2.80 bits per heavy atom. The van der Waals surface area contributed by atoms with E-state index >= 15 is 0 Å². The molecule has 6 nitrogen and oxygen atoms in total. The molecular weight excluding hydrogens is 405 g/mol. The summed E-state index contributed by atoms with van der Waals surface area (Å²) in [5.41, 5.74) is 3.01. The number of benzene rings is 2. The van der Waals surface area contributed by atoms with Gasteiger partial charge >= 0.3 is 0 Å². The topological polar surface area (TPSA) is 78.5 Å². The zero-order valence-corrected chi connectivity index (χ0v) is 17.3. The molecule has 0 saturated carbocycles. The molecule has 2 N–H and O–H groups in total. The molecule has 0 aromatic heterocycles. The van der Waals surface area contributed by atoms with Gasteiger partial charge in [0.15, 0.2) is 0 Å². The molecule has 2 aromatic rings. The number of amides is 3. The highest BCUT2D eigenvalue weighted by Gasteiger charge is 2.33. The van der Waals surface area contributed by atoms with Crippen molar-refractivity contribution >= 4 is 40.9 Å². The van der Waals surface area contributed by atoms with Gasteiger partial charge in [0.2, 0.25) is 17.7 Å². The van der Waals surface area contributed by atoms with Crippen LogP contribution in [-0.4, -0.2) is 41.3 Å². The van der Waals surface area contributed by atoms with Gasteiger partial charge in [0.25, 0.3) is 0 Å². The van der Waals surface area contributed by atoms with Crippen molar-refractivity contribution in [1.82, 2.24) is 5.32 Å². The third-order valence-corrected chi connectivity index (χ3v) is 6.68. The number of carbonyl (C=O) groups excluding carboxylic acids is 3. The second-order valence-electron chi connectivity index (χ2n) is 7.43.